The van der Waals surface area contributed by atoms with E-state index in [-0.39, 0.29) is 0 Å². The molecule has 2 aromatic rings. The van der Waals surface area contributed by atoms with E-state index >= 15 is 0 Å². The van der Waals surface area contributed by atoms with Gasteiger partial charge in [-0.3, -0.25) is 4.79 Å². The Hall–Kier alpha value is -2.58. The molecular weight excluding hydrogens is 373 g/mol. The summed E-state index contributed by atoms with van der Waals surface area (Å²) in [4.78, 5) is 14.3. The normalized spacial score (nSPS) is 18.5. The van der Waals surface area contributed by atoms with Crippen LogP contribution in [0, 0.1) is 17.5 Å². The van der Waals surface area contributed by atoms with Crippen LogP contribution in [0.25, 0.3) is 0 Å². The molecule has 28 heavy (non-hydrogen) atoms. The molecule has 8 heteroatoms. The highest BCUT2D eigenvalue weighted by Gasteiger charge is 2.39. The number of hydrogen-bond acceptors (Lipinski definition) is 4. The van der Waals surface area contributed by atoms with Gasteiger partial charge in [-0.15, -0.1) is 0 Å². The number of nitrogens with one attached hydrogen (secondary N) is 1. The zero-order valence-electron chi connectivity index (χ0n) is 15.0. The average molecular weight is 392 g/mol. The van der Waals surface area contributed by atoms with Crippen molar-refractivity contribution in [2.45, 2.75) is 18.6 Å². The van der Waals surface area contributed by atoms with E-state index in [1.807, 2.05) is 12.1 Å². The molecule has 2 aliphatic heterocycles. The van der Waals surface area contributed by atoms with Gasteiger partial charge in [0, 0.05) is 37.3 Å². The van der Waals surface area contributed by atoms with Crippen LogP contribution < -0.4 is 10.2 Å². The quantitative estimate of drug-likeness (QED) is 0.810. The standard InChI is InChI=1S/C20H19F3N2O3/c21-16-6-5-15(17(22)18(16)23)19(26)24-13-1-3-14(4-2-13)25-9-7-20(8-10-25)27-11-12-28-20/h1-6H,7-12H2,(H,24,26). The molecule has 0 bridgehead atoms. The summed E-state index contributed by atoms with van der Waals surface area (Å²) in [5.41, 5.74) is 0.847. The summed E-state index contributed by atoms with van der Waals surface area (Å²) >= 11 is 0. The highest BCUT2D eigenvalue weighted by Crippen LogP contribution is 2.33. The first-order valence-electron chi connectivity index (χ1n) is 9.05. The summed E-state index contributed by atoms with van der Waals surface area (Å²) in [6, 6.07) is 8.67. The van der Waals surface area contributed by atoms with E-state index in [4.69, 9.17) is 9.47 Å². The minimum absolute atomic E-state index is 0.425. The van der Waals surface area contributed by atoms with Crippen LogP contribution in [0.2, 0.25) is 0 Å². The van der Waals surface area contributed by atoms with Crippen LogP contribution in [0.4, 0.5) is 24.5 Å². The van der Waals surface area contributed by atoms with Gasteiger partial charge in [0.15, 0.2) is 23.2 Å². The van der Waals surface area contributed by atoms with Crippen LogP contribution in [-0.2, 0) is 9.47 Å². The fourth-order valence-corrected chi connectivity index (χ4v) is 3.55. The lowest BCUT2D eigenvalue weighted by molar-refractivity contribution is -0.169. The number of nitrogens with zero attached hydrogens (tertiary/aromatic N) is 1. The molecule has 2 fully saturated rings. The van der Waals surface area contributed by atoms with E-state index in [2.05, 4.69) is 10.2 Å². The van der Waals surface area contributed by atoms with Crippen molar-refractivity contribution in [3.05, 3.63) is 59.4 Å². The Balaban J connectivity index is 1.40. The topological polar surface area (TPSA) is 50.8 Å². The minimum atomic E-state index is -1.67. The van der Waals surface area contributed by atoms with Gasteiger partial charge >= 0.3 is 0 Å². The lowest BCUT2D eigenvalue weighted by Gasteiger charge is -2.38. The van der Waals surface area contributed by atoms with Crippen LogP contribution in [0.1, 0.15) is 23.2 Å². The van der Waals surface area contributed by atoms with Gasteiger partial charge in [-0.1, -0.05) is 0 Å². The molecule has 2 aliphatic rings. The van der Waals surface area contributed by atoms with E-state index in [0.29, 0.717) is 18.9 Å². The van der Waals surface area contributed by atoms with Crippen molar-refractivity contribution >= 4 is 17.3 Å². The third-order valence-electron chi connectivity index (χ3n) is 5.11. The number of benzene rings is 2. The first kappa shape index (κ1) is 18.8. The van der Waals surface area contributed by atoms with Crippen molar-refractivity contribution in [1.29, 1.82) is 0 Å². The third kappa shape index (κ3) is 3.57. The highest BCUT2D eigenvalue weighted by atomic mass is 19.2. The Kier molecular flexibility index (Phi) is 4.99. The second kappa shape index (κ2) is 7.44. The van der Waals surface area contributed by atoms with E-state index in [1.165, 1.54) is 0 Å². The molecule has 0 atom stereocenters. The number of hydrogen-bond donors (Lipinski definition) is 1. The molecule has 4 rings (SSSR count). The molecule has 2 aromatic carbocycles. The summed E-state index contributed by atoms with van der Waals surface area (Å²) in [6.45, 7) is 2.83. The molecule has 0 radical (unpaired) electrons. The Morgan fingerprint density at radius 2 is 1.57 bits per heavy atom. The lowest BCUT2D eigenvalue weighted by Crippen LogP contribution is -2.45. The van der Waals surface area contributed by atoms with Crippen LogP contribution in [0.15, 0.2) is 36.4 Å². The van der Waals surface area contributed by atoms with Crippen molar-refractivity contribution in [3.8, 4) is 0 Å². The minimum Gasteiger partial charge on any atom is -0.371 e. The van der Waals surface area contributed by atoms with E-state index in [1.54, 1.807) is 12.1 Å². The van der Waals surface area contributed by atoms with Gasteiger partial charge in [-0.25, -0.2) is 13.2 Å². The maximum Gasteiger partial charge on any atom is 0.258 e. The second-order valence-electron chi connectivity index (χ2n) is 6.82. The number of rotatable bonds is 3. The summed E-state index contributed by atoms with van der Waals surface area (Å²) in [5.74, 6) is -5.80. The monoisotopic (exact) mass is 392 g/mol. The van der Waals surface area contributed by atoms with Crippen molar-refractivity contribution < 1.29 is 27.4 Å². The SMILES string of the molecule is O=C(Nc1ccc(N2CCC3(CC2)OCCO3)cc1)c1ccc(F)c(F)c1F. The van der Waals surface area contributed by atoms with Crippen LogP contribution in [-0.4, -0.2) is 38.0 Å². The fourth-order valence-electron chi connectivity index (χ4n) is 3.55. The van der Waals surface area contributed by atoms with Gasteiger partial charge in [0.1, 0.15) is 0 Å². The second-order valence-corrected chi connectivity index (χ2v) is 6.82. The Labute approximate surface area is 160 Å². The molecule has 2 heterocycles. The van der Waals surface area contributed by atoms with Crippen molar-refractivity contribution in [2.75, 3.05) is 36.5 Å². The van der Waals surface area contributed by atoms with E-state index in [9.17, 15) is 18.0 Å². The highest BCUT2D eigenvalue weighted by molar-refractivity contribution is 6.04. The predicted octanol–water partition coefficient (Wildman–Crippen LogP) is 3.70. The van der Waals surface area contributed by atoms with Crippen LogP contribution in [0.5, 0.6) is 0 Å². The number of amides is 1. The van der Waals surface area contributed by atoms with E-state index < -0.39 is 34.7 Å². The average Bonchev–Trinajstić information content (AvgIpc) is 3.15. The van der Waals surface area contributed by atoms with Gasteiger partial charge in [0.25, 0.3) is 5.91 Å². The lowest BCUT2D eigenvalue weighted by atomic mass is 10.0. The van der Waals surface area contributed by atoms with Crippen LogP contribution >= 0.6 is 0 Å². The Morgan fingerprint density at radius 1 is 0.929 bits per heavy atom. The number of carbonyl (C=O) groups excluding carboxylic acids is 1. The molecule has 0 unspecified atom stereocenters. The maximum atomic E-state index is 13.7. The number of piperidine rings is 1. The molecular formula is C20H19F3N2O3. The molecule has 0 aromatic heterocycles. The number of ether oxygens (including phenoxy) is 2. The van der Waals surface area contributed by atoms with Crippen molar-refractivity contribution in [3.63, 3.8) is 0 Å². The molecule has 2 saturated heterocycles. The van der Waals surface area contributed by atoms with Gasteiger partial charge in [-0.05, 0) is 36.4 Å². The summed E-state index contributed by atoms with van der Waals surface area (Å²) in [6.07, 6.45) is 1.56. The molecule has 1 N–H and O–H groups in total. The largest absolute Gasteiger partial charge is 0.371 e. The van der Waals surface area contributed by atoms with Crippen molar-refractivity contribution in [2.24, 2.45) is 0 Å². The molecule has 1 spiro atoms. The zero-order chi connectivity index (χ0) is 19.7. The fraction of sp³-hybridized carbons (Fsp3) is 0.350. The predicted molar refractivity (Wildman–Crippen MR) is 96.8 cm³/mol. The van der Waals surface area contributed by atoms with E-state index in [0.717, 1.165) is 43.8 Å². The summed E-state index contributed by atoms with van der Waals surface area (Å²) < 4.78 is 51.5. The first-order valence-corrected chi connectivity index (χ1v) is 9.05. The number of halogens is 3. The van der Waals surface area contributed by atoms with Crippen molar-refractivity contribution in [1.82, 2.24) is 0 Å². The van der Waals surface area contributed by atoms with Gasteiger partial charge in [0.2, 0.25) is 0 Å². The maximum absolute atomic E-state index is 13.7. The molecule has 148 valence electrons. The molecule has 0 saturated carbocycles. The molecule has 0 aliphatic carbocycles. The smallest absolute Gasteiger partial charge is 0.258 e. The van der Waals surface area contributed by atoms with Crippen LogP contribution in [0.3, 0.4) is 0 Å². The first-order chi connectivity index (χ1) is 13.5. The van der Waals surface area contributed by atoms with Gasteiger partial charge in [-0.2, -0.15) is 0 Å². The summed E-state index contributed by atoms with van der Waals surface area (Å²) in [5, 5.41) is 2.49. The van der Waals surface area contributed by atoms with Gasteiger partial charge < -0.3 is 19.7 Å². The number of carbonyl (C=O) groups is 1. The Bertz CT molecular complexity index is 873. The summed E-state index contributed by atoms with van der Waals surface area (Å²) in [7, 11) is 0. The third-order valence-corrected chi connectivity index (χ3v) is 5.11. The molecule has 5 nitrogen and oxygen atoms in total. The van der Waals surface area contributed by atoms with Gasteiger partial charge in [0.05, 0.1) is 18.8 Å². The zero-order valence-corrected chi connectivity index (χ0v) is 15.0. The molecule has 1 amide bonds. The number of anilines is 2. The Morgan fingerprint density at radius 3 is 2.21 bits per heavy atom.